The predicted molar refractivity (Wildman–Crippen MR) is 126 cm³/mol. The molecule has 0 saturated carbocycles. The van der Waals surface area contributed by atoms with Gasteiger partial charge in [0.2, 0.25) is 0 Å². The third kappa shape index (κ3) is 5.49. The Morgan fingerprint density at radius 2 is 1.75 bits per heavy atom. The van der Waals surface area contributed by atoms with Crippen LogP contribution in [0, 0.1) is 0 Å². The quantitative estimate of drug-likeness (QED) is 0.309. The van der Waals surface area contributed by atoms with Gasteiger partial charge in [-0.3, -0.25) is 9.89 Å². The van der Waals surface area contributed by atoms with Crippen molar-refractivity contribution in [3.8, 4) is 17.0 Å². The average molecular weight is 425 g/mol. The zero-order valence-electron chi connectivity index (χ0n) is 17.8. The molecule has 0 aliphatic heterocycles. The molecular formula is C26H24N4O2. The van der Waals surface area contributed by atoms with E-state index in [-0.39, 0.29) is 5.91 Å². The summed E-state index contributed by atoms with van der Waals surface area (Å²) in [5.41, 5.74) is 7.70. The standard InChI is InChI=1S/C26H24N4O2/c1-2-19-8-10-20(11-9-19)17-27-30-26(31)25-16-24(28-29-25)22-12-14-23(15-13-22)32-18-21-6-4-3-5-7-21/h3-17H,2,18H2,1H3,(H,28,29)(H,30,31)/b27-17+. The van der Waals surface area contributed by atoms with E-state index >= 15 is 0 Å². The fourth-order valence-electron chi connectivity index (χ4n) is 3.11. The summed E-state index contributed by atoms with van der Waals surface area (Å²) in [6, 6.07) is 27.3. The van der Waals surface area contributed by atoms with Crippen LogP contribution in [0.25, 0.3) is 11.3 Å². The van der Waals surface area contributed by atoms with Crippen molar-refractivity contribution in [3.63, 3.8) is 0 Å². The molecule has 0 spiro atoms. The Morgan fingerprint density at radius 1 is 1.00 bits per heavy atom. The first kappa shape index (κ1) is 21.1. The second kappa shape index (κ2) is 10.2. The molecule has 0 atom stereocenters. The number of nitrogens with zero attached hydrogens (tertiary/aromatic N) is 2. The number of benzene rings is 3. The van der Waals surface area contributed by atoms with Gasteiger partial charge in [-0.2, -0.15) is 10.2 Å². The van der Waals surface area contributed by atoms with Crippen molar-refractivity contribution in [3.05, 3.63) is 107 Å². The second-order valence-electron chi connectivity index (χ2n) is 7.26. The highest BCUT2D eigenvalue weighted by molar-refractivity contribution is 5.94. The van der Waals surface area contributed by atoms with E-state index in [1.807, 2.05) is 78.9 Å². The van der Waals surface area contributed by atoms with E-state index in [1.54, 1.807) is 12.3 Å². The molecule has 6 nitrogen and oxygen atoms in total. The summed E-state index contributed by atoms with van der Waals surface area (Å²) in [5, 5.41) is 11.0. The van der Waals surface area contributed by atoms with Crippen LogP contribution in [0.4, 0.5) is 0 Å². The Bertz CT molecular complexity index is 1180. The van der Waals surface area contributed by atoms with Crippen LogP contribution in [0.5, 0.6) is 5.75 Å². The fourth-order valence-corrected chi connectivity index (χ4v) is 3.11. The van der Waals surface area contributed by atoms with Crippen LogP contribution in [-0.2, 0) is 13.0 Å². The number of hydrazone groups is 1. The Morgan fingerprint density at radius 3 is 2.47 bits per heavy atom. The summed E-state index contributed by atoms with van der Waals surface area (Å²) in [7, 11) is 0. The molecule has 1 aromatic heterocycles. The van der Waals surface area contributed by atoms with Crippen molar-refractivity contribution in [2.24, 2.45) is 5.10 Å². The van der Waals surface area contributed by atoms with Crippen LogP contribution in [0.1, 0.15) is 34.1 Å². The Hall–Kier alpha value is -4.19. The number of aromatic amines is 1. The number of aromatic nitrogens is 2. The minimum atomic E-state index is -0.354. The smallest absolute Gasteiger partial charge is 0.289 e. The van der Waals surface area contributed by atoms with Gasteiger partial charge in [0, 0.05) is 5.56 Å². The lowest BCUT2D eigenvalue weighted by Gasteiger charge is -2.06. The van der Waals surface area contributed by atoms with Crippen LogP contribution < -0.4 is 10.2 Å². The molecule has 6 heteroatoms. The van der Waals surface area contributed by atoms with Crippen molar-refractivity contribution in [2.75, 3.05) is 0 Å². The first-order valence-electron chi connectivity index (χ1n) is 10.5. The first-order chi connectivity index (χ1) is 15.7. The van der Waals surface area contributed by atoms with Gasteiger partial charge in [-0.25, -0.2) is 5.43 Å². The van der Waals surface area contributed by atoms with E-state index < -0.39 is 0 Å². The number of aryl methyl sites for hydroxylation is 1. The number of carbonyl (C=O) groups excluding carboxylic acids is 1. The number of rotatable bonds is 8. The van der Waals surface area contributed by atoms with Gasteiger partial charge in [0.15, 0.2) is 0 Å². The zero-order valence-corrected chi connectivity index (χ0v) is 17.8. The van der Waals surface area contributed by atoms with Crippen molar-refractivity contribution in [1.29, 1.82) is 0 Å². The van der Waals surface area contributed by atoms with E-state index in [4.69, 9.17) is 4.74 Å². The highest BCUT2D eigenvalue weighted by atomic mass is 16.5. The summed E-state index contributed by atoms with van der Waals surface area (Å²) in [6.07, 6.45) is 2.60. The maximum Gasteiger partial charge on any atom is 0.289 e. The molecule has 1 heterocycles. The number of hydrogen-bond donors (Lipinski definition) is 2. The lowest BCUT2D eigenvalue weighted by Crippen LogP contribution is -2.17. The van der Waals surface area contributed by atoms with Crippen LogP contribution >= 0.6 is 0 Å². The van der Waals surface area contributed by atoms with E-state index in [9.17, 15) is 4.79 Å². The Labute approximate surface area is 187 Å². The highest BCUT2D eigenvalue weighted by Crippen LogP contribution is 2.22. The molecule has 0 aliphatic carbocycles. The maximum atomic E-state index is 12.3. The van der Waals surface area contributed by atoms with E-state index in [1.165, 1.54) is 5.56 Å². The monoisotopic (exact) mass is 424 g/mol. The third-order valence-corrected chi connectivity index (χ3v) is 4.99. The summed E-state index contributed by atoms with van der Waals surface area (Å²) < 4.78 is 5.81. The summed E-state index contributed by atoms with van der Waals surface area (Å²) in [4.78, 5) is 12.3. The molecule has 0 bridgehead atoms. The molecule has 3 aromatic carbocycles. The van der Waals surface area contributed by atoms with Crippen molar-refractivity contribution < 1.29 is 9.53 Å². The average Bonchev–Trinajstić information content (AvgIpc) is 3.35. The summed E-state index contributed by atoms with van der Waals surface area (Å²) >= 11 is 0. The molecule has 160 valence electrons. The van der Waals surface area contributed by atoms with Gasteiger partial charge in [-0.15, -0.1) is 0 Å². The molecule has 0 unspecified atom stereocenters. The molecule has 4 aromatic rings. The van der Waals surface area contributed by atoms with Crippen LogP contribution in [0.2, 0.25) is 0 Å². The molecule has 2 N–H and O–H groups in total. The minimum absolute atomic E-state index is 0.336. The fraction of sp³-hybridized carbons (Fsp3) is 0.115. The minimum Gasteiger partial charge on any atom is -0.489 e. The van der Waals surface area contributed by atoms with Gasteiger partial charge in [0.1, 0.15) is 18.1 Å². The Balaban J connectivity index is 1.33. The largest absolute Gasteiger partial charge is 0.489 e. The van der Waals surface area contributed by atoms with Crippen LogP contribution in [-0.4, -0.2) is 22.3 Å². The summed E-state index contributed by atoms with van der Waals surface area (Å²) in [6.45, 7) is 2.62. The van der Waals surface area contributed by atoms with Gasteiger partial charge in [-0.1, -0.05) is 61.5 Å². The van der Waals surface area contributed by atoms with Gasteiger partial charge >= 0.3 is 0 Å². The number of ether oxygens (including phenoxy) is 1. The molecule has 0 radical (unpaired) electrons. The van der Waals surface area contributed by atoms with Gasteiger partial charge in [0.25, 0.3) is 5.91 Å². The molecule has 32 heavy (non-hydrogen) atoms. The number of H-pyrrole nitrogens is 1. The SMILES string of the molecule is CCc1ccc(/C=N/NC(=O)c2cc(-c3ccc(OCc4ccccc4)cc3)n[nH]2)cc1. The topological polar surface area (TPSA) is 79.4 Å². The maximum absolute atomic E-state index is 12.3. The lowest BCUT2D eigenvalue weighted by atomic mass is 10.1. The zero-order chi connectivity index (χ0) is 22.2. The van der Waals surface area contributed by atoms with Crippen molar-refractivity contribution in [1.82, 2.24) is 15.6 Å². The molecule has 4 rings (SSSR count). The predicted octanol–water partition coefficient (Wildman–Crippen LogP) is 4.98. The molecule has 0 saturated heterocycles. The number of hydrogen-bond acceptors (Lipinski definition) is 4. The molecule has 0 aliphatic rings. The van der Waals surface area contributed by atoms with E-state index in [2.05, 4.69) is 27.6 Å². The molecular weight excluding hydrogens is 400 g/mol. The number of amides is 1. The normalized spacial score (nSPS) is 10.9. The second-order valence-corrected chi connectivity index (χ2v) is 7.26. The van der Waals surface area contributed by atoms with Crippen LogP contribution in [0.3, 0.4) is 0 Å². The van der Waals surface area contributed by atoms with E-state index in [0.717, 1.165) is 28.9 Å². The van der Waals surface area contributed by atoms with Crippen LogP contribution in [0.15, 0.2) is 90.0 Å². The molecule has 1 amide bonds. The summed E-state index contributed by atoms with van der Waals surface area (Å²) in [5.74, 6) is 0.417. The first-order valence-corrected chi connectivity index (χ1v) is 10.5. The van der Waals surface area contributed by atoms with Gasteiger partial charge < -0.3 is 4.74 Å². The molecule has 0 fully saturated rings. The Kier molecular flexibility index (Phi) is 6.72. The number of nitrogens with one attached hydrogen (secondary N) is 2. The van der Waals surface area contributed by atoms with Crippen molar-refractivity contribution in [2.45, 2.75) is 20.0 Å². The highest BCUT2D eigenvalue weighted by Gasteiger charge is 2.10. The lowest BCUT2D eigenvalue weighted by molar-refractivity contribution is 0.0950. The van der Waals surface area contributed by atoms with E-state index in [0.29, 0.717) is 18.0 Å². The van der Waals surface area contributed by atoms with Gasteiger partial charge in [-0.05, 0) is 53.4 Å². The third-order valence-electron chi connectivity index (χ3n) is 4.99. The number of carbonyl (C=O) groups is 1. The van der Waals surface area contributed by atoms with Gasteiger partial charge in [0.05, 0.1) is 11.9 Å². The van der Waals surface area contributed by atoms with Crippen molar-refractivity contribution >= 4 is 12.1 Å².